The monoisotopic (exact) mass is 358 g/mol. The molecule has 1 amide bonds. The fourth-order valence-electron chi connectivity index (χ4n) is 1.99. The molecule has 0 atom stereocenters. The summed E-state index contributed by atoms with van der Waals surface area (Å²) in [6.45, 7) is 1.80. The number of nitrogens with one attached hydrogen (secondary N) is 2. The van der Waals surface area contributed by atoms with E-state index in [1.54, 1.807) is 30.3 Å². The van der Waals surface area contributed by atoms with Crippen molar-refractivity contribution in [2.24, 2.45) is 0 Å². The van der Waals surface area contributed by atoms with Crippen molar-refractivity contribution >= 4 is 34.9 Å². The fourth-order valence-corrected chi connectivity index (χ4v) is 2.22. The minimum Gasteiger partial charge on any atom is -0.484 e. The summed E-state index contributed by atoms with van der Waals surface area (Å²) in [4.78, 5) is 23.2. The molecule has 25 heavy (non-hydrogen) atoms. The third-order valence-corrected chi connectivity index (χ3v) is 3.38. The topological polar surface area (TPSA) is 76.7 Å². The third kappa shape index (κ3) is 5.89. The van der Waals surface area contributed by atoms with E-state index in [9.17, 15) is 9.59 Å². The highest BCUT2D eigenvalue weighted by molar-refractivity contribution is 7.80. The van der Waals surface area contributed by atoms with Gasteiger partial charge in [0.2, 0.25) is 0 Å². The van der Waals surface area contributed by atoms with Gasteiger partial charge in [0.1, 0.15) is 5.75 Å². The van der Waals surface area contributed by atoms with E-state index in [4.69, 9.17) is 17.0 Å². The van der Waals surface area contributed by atoms with Gasteiger partial charge in [-0.3, -0.25) is 10.1 Å². The van der Waals surface area contributed by atoms with Crippen LogP contribution < -0.4 is 15.4 Å². The van der Waals surface area contributed by atoms with Gasteiger partial charge in [-0.25, -0.2) is 4.79 Å². The second-order valence-corrected chi connectivity index (χ2v) is 5.58. The van der Waals surface area contributed by atoms with Crippen LogP contribution in [-0.4, -0.2) is 30.7 Å². The van der Waals surface area contributed by atoms with E-state index in [0.29, 0.717) is 17.0 Å². The van der Waals surface area contributed by atoms with Crippen molar-refractivity contribution < 1.29 is 19.1 Å². The van der Waals surface area contributed by atoms with Crippen LogP contribution in [0.15, 0.2) is 48.5 Å². The highest BCUT2D eigenvalue weighted by Crippen LogP contribution is 2.12. The van der Waals surface area contributed by atoms with Crippen LogP contribution in [-0.2, 0) is 9.53 Å². The molecule has 2 aromatic carbocycles. The minimum absolute atomic E-state index is 0.142. The first kappa shape index (κ1) is 18.4. The average Bonchev–Trinajstić information content (AvgIpc) is 2.60. The number of carbonyl (C=O) groups is 2. The molecule has 130 valence electrons. The number of hydrogen-bond donors (Lipinski definition) is 2. The maximum absolute atomic E-state index is 11.9. The molecule has 0 fully saturated rings. The van der Waals surface area contributed by atoms with E-state index in [2.05, 4.69) is 15.4 Å². The van der Waals surface area contributed by atoms with Gasteiger partial charge < -0.3 is 14.8 Å². The number of benzene rings is 2. The third-order valence-electron chi connectivity index (χ3n) is 3.18. The summed E-state index contributed by atoms with van der Waals surface area (Å²) in [7, 11) is 1.32. The van der Waals surface area contributed by atoms with Crippen LogP contribution in [0.4, 0.5) is 5.69 Å². The van der Waals surface area contributed by atoms with Crippen molar-refractivity contribution in [3.8, 4) is 5.75 Å². The zero-order valence-electron chi connectivity index (χ0n) is 13.9. The average molecular weight is 358 g/mol. The zero-order valence-corrected chi connectivity index (χ0v) is 14.7. The Hall–Kier alpha value is -2.93. The molecule has 2 N–H and O–H groups in total. The molecule has 0 saturated carbocycles. The molecule has 0 heterocycles. The lowest BCUT2D eigenvalue weighted by molar-refractivity contribution is -0.121. The van der Waals surface area contributed by atoms with Crippen molar-refractivity contribution in [3.05, 3.63) is 59.7 Å². The van der Waals surface area contributed by atoms with Crippen LogP contribution in [0.1, 0.15) is 15.9 Å². The smallest absolute Gasteiger partial charge is 0.337 e. The molecule has 0 saturated heterocycles. The molecular weight excluding hydrogens is 340 g/mol. The second kappa shape index (κ2) is 8.79. The molecule has 0 aliphatic heterocycles. The van der Waals surface area contributed by atoms with Crippen LogP contribution in [0.2, 0.25) is 0 Å². The standard InChI is InChI=1S/C18H18N2O4S/c1-12-4-3-5-15(10-12)24-11-16(21)20-18(25)19-14-8-6-13(7-9-14)17(22)23-2/h3-10H,11H2,1-2H3,(H2,19,20,21,25). The number of carbonyl (C=O) groups excluding carboxylic acids is 2. The van der Waals surface area contributed by atoms with Crippen molar-refractivity contribution in [2.45, 2.75) is 6.92 Å². The molecule has 6 nitrogen and oxygen atoms in total. The fraction of sp³-hybridized carbons (Fsp3) is 0.167. The zero-order chi connectivity index (χ0) is 18.2. The van der Waals surface area contributed by atoms with Gasteiger partial charge in [-0.1, -0.05) is 12.1 Å². The van der Waals surface area contributed by atoms with Gasteiger partial charge in [0.15, 0.2) is 11.7 Å². The van der Waals surface area contributed by atoms with E-state index in [1.165, 1.54) is 7.11 Å². The van der Waals surface area contributed by atoms with Crippen LogP contribution in [0, 0.1) is 6.92 Å². The predicted molar refractivity (Wildman–Crippen MR) is 98.8 cm³/mol. The van der Waals surface area contributed by atoms with Crippen molar-refractivity contribution in [1.29, 1.82) is 0 Å². The lowest BCUT2D eigenvalue weighted by Crippen LogP contribution is -2.37. The van der Waals surface area contributed by atoms with Gasteiger partial charge in [0.25, 0.3) is 5.91 Å². The molecule has 0 bridgehead atoms. The predicted octanol–water partition coefficient (Wildman–Crippen LogP) is 2.67. The molecule has 0 unspecified atom stereocenters. The van der Waals surface area contributed by atoms with E-state index in [1.807, 2.05) is 25.1 Å². The van der Waals surface area contributed by atoms with Gasteiger partial charge in [-0.05, 0) is 61.1 Å². The summed E-state index contributed by atoms with van der Waals surface area (Å²) < 4.78 is 10.0. The first-order chi connectivity index (χ1) is 12.0. The summed E-state index contributed by atoms with van der Waals surface area (Å²) in [6.07, 6.45) is 0. The Kier molecular flexibility index (Phi) is 6.47. The van der Waals surface area contributed by atoms with Gasteiger partial charge in [0, 0.05) is 5.69 Å². The molecule has 0 spiro atoms. The van der Waals surface area contributed by atoms with Crippen LogP contribution >= 0.6 is 12.2 Å². The lowest BCUT2D eigenvalue weighted by Gasteiger charge is -2.11. The van der Waals surface area contributed by atoms with Crippen LogP contribution in [0.25, 0.3) is 0 Å². The van der Waals surface area contributed by atoms with Crippen molar-refractivity contribution in [1.82, 2.24) is 5.32 Å². The molecule has 0 radical (unpaired) electrons. The van der Waals surface area contributed by atoms with E-state index in [0.717, 1.165) is 5.56 Å². The maximum Gasteiger partial charge on any atom is 0.337 e. The summed E-state index contributed by atoms with van der Waals surface area (Å²) in [5.41, 5.74) is 2.11. The van der Waals surface area contributed by atoms with Crippen LogP contribution in [0.3, 0.4) is 0 Å². The first-order valence-corrected chi connectivity index (χ1v) is 7.87. The summed E-state index contributed by atoms with van der Waals surface area (Å²) in [5, 5.41) is 5.52. The Morgan fingerprint density at radius 3 is 2.48 bits per heavy atom. The largest absolute Gasteiger partial charge is 0.484 e. The Balaban J connectivity index is 1.81. The number of thiocarbonyl (C=S) groups is 1. The Morgan fingerprint density at radius 1 is 1.12 bits per heavy atom. The van der Waals surface area contributed by atoms with Crippen molar-refractivity contribution in [2.75, 3.05) is 19.0 Å². The molecule has 0 aliphatic carbocycles. The second-order valence-electron chi connectivity index (χ2n) is 5.18. The lowest BCUT2D eigenvalue weighted by atomic mass is 10.2. The number of anilines is 1. The molecule has 2 aromatic rings. The van der Waals surface area contributed by atoms with Gasteiger partial charge >= 0.3 is 5.97 Å². The Labute approximate surface area is 151 Å². The highest BCUT2D eigenvalue weighted by Gasteiger charge is 2.08. The maximum atomic E-state index is 11.9. The number of ether oxygens (including phenoxy) is 2. The Bertz CT molecular complexity index is 775. The summed E-state index contributed by atoms with van der Waals surface area (Å²) in [5.74, 6) is -0.173. The van der Waals surface area contributed by atoms with Gasteiger partial charge in [0.05, 0.1) is 12.7 Å². The van der Waals surface area contributed by atoms with Gasteiger partial charge in [-0.2, -0.15) is 0 Å². The minimum atomic E-state index is -0.421. The number of rotatable bonds is 5. The molecule has 0 aromatic heterocycles. The van der Waals surface area contributed by atoms with Crippen LogP contribution in [0.5, 0.6) is 5.75 Å². The van der Waals surface area contributed by atoms with E-state index in [-0.39, 0.29) is 17.6 Å². The Morgan fingerprint density at radius 2 is 1.84 bits per heavy atom. The quantitative estimate of drug-likeness (QED) is 0.632. The number of aryl methyl sites for hydroxylation is 1. The highest BCUT2D eigenvalue weighted by atomic mass is 32.1. The molecular formula is C18H18N2O4S. The van der Waals surface area contributed by atoms with E-state index < -0.39 is 5.97 Å². The summed E-state index contributed by atoms with van der Waals surface area (Å²) in [6, 6.07) is 13.9. The number of methoxy groups -OCH3 is 1. The molecule has 7 heteroatoms. The summed E-state index contributed by atoms with van der Waals surface area (Å²) >= 11 is 5.08. The number of hydrogen-bond acceptors (Lipinski definition) is 5. The van der Waals surface area contributed by atoms with Gasteiger partial charge in [-0.15, -0.1) is 0 Å². The number of esters is 1. The normalized spacial score (nSPS) is 9.84. The van der Waals surface area contributed by atoms with E-state index >= 15 is 0 Å². The van der Waals surface area contributed by atoms with Crippen molar-refractivity contribution in [3.63, 3.8) is 0 Å². The SMILES string of the molecule is COC(=O)c1ccc(NC(=S)NC(=O)COc2cccc(C)c2)cc1. The number of amides is 1. The molecule has 2 rings (SSSR count). The molecule has 0 aliphatic rings. The first-order valence-electron chi connectivity index (χ1n) is 7.46.